The monoisotopic (exact) mass is 278 g/mol. The van der Waals surface area contributed by atoms with Crippen LogP contribution in [0.1, 0.15) is 43.7 Å². The van der Waals surface area contributed by atoms with Gasteiger partial charge in [0.15, 0.2) is 0 Å². The molecule has 0 heterocycles. The second-order valence-corrected chi connectivity index (χ2v) is 4.79. The van der Waals surface area contributed by atoms with Gasteiger partial charge in [0.25, 0.3) is 0 Å². The number of unbranched alkanes of at least 4 members (excludes halogenated alkanes) is 2. The number of hydrogen-bond acceptors (Lipinski definition) is 1. The Kier molecular flexibility index (Phi) is 5.79. The molecule has 5 heteroatoms. The van der Waals surface area contributed by atoms with Crippen LogP contribution in [0.2, 0.25) is 0 Å². The van der Waals surface area contributed by atoms with Gasteiger partial charge in [0.2, 0.25) is 0 Å². The van der Waals surface area contributed by atoms with Crippen LogP contribution in [0.15, 0.2) is 18.2 Å². The van der Waals surface area contributed by atoms with Gasteiger partial charge in [-0.2, -0.15) is 13.2 Å². The molecule has 1 aromatic carbocycles. The summed E-state index contributed by atoms with van der Waals surface area (Å²) in [5, 5.41) is 9.06. The third-order valence-corrected chi connectivity index (χ3v) is 2.87. The topological polar surface area (TPSA) is 20.2 Å². The molecular weight excluding hydrogens is 260 g/mol. The molecule has 0 spiro atoms. The van der Waals surface area contributed by atoms with Crippen molar-refractivity contribution < 1.29 is 22.7 Å². The Hall–Kier alpha value is -1.10. The van der Waals surface area contributed by atoms with Gasteiger partial charge in [-0.15, -0.1) is 0 Å². The van der Waals surface area contributed by atoms with Crippen molar-refractivity contribution in [1.29, 1.82) is 0 Å². The number of aryl methyl sites for hydroxylation is 1. The zero-order chi connectivity index (χ0) is 14.5. The number of rotatable bonds is 6. The molecule has 1 atom stereocenters. The highest BCUT2D eigenvalue weighted by atomic mass is 19.4. The highest BCUT2D eigenvalue weighted by Crippen LogP contribution is 2.30. The minimum Gasteiger partial charge on any atom is -0.393 e. The van der Waals surface area contributed by atoms with Gasteiger partial charge in [-0.1, -0.05) is 12.8 Å². The van der Waals surface area contributed by atoms with E-state index in [2.05, 4.69) is 0 Å². The van der Waals surface area contributed by atoms with Gasteiger partial charge >= 0.3 is 6.18 Å². The SMILES string of the molecule is CC(O)CCCCCc1cc(F)cc(C(F)(F)F)c1. The average molecular weight is 278 g/mol. The lowest BCUT2D eigenvalue weighted by Crippen LogP contribution is -2.06. The molecular formula is C14H18F4O. The molecule has 1 N–H and O–H groups in total. The highest BCUT2D eigenvalue weighted by molar-refractivity contribution is 5.26. The fourth-order valence-corrected chi connectivity index (χ4v) is 1.90. The van der Waals surface area contributed by atoms with E-state index in [1.807, 2.05) is 0 Å². The maximum absolute atomic E-state index is 13.1. The third kappa shape index (κ3) is 6.05. The minimum absolute atomic E-state index is 0.356. The van der Waals surface area contributed by atoms with Crippen molar-refractivity contribution in [1.82, 2.24) is 0 Å². The van der Waals surface area contributed by atoms with Crippen molar-refractivity contribution >= 4 is 0 Å². The van der Waals surface area contributed by atoms with Crippen molar-refractivity contribution in [3.8, 4) is 0 Å². The lowest BCUT2D eigenvalue weighted by molar-refractivity contribution is -0.137. The Morgan fingerprint density at radius 1 is 1.11 bits per heavy atom. The first kappa shape index (κ1) is 16.0. The van der Waals surface area contributed by atoms with Crippen molar-refractivity contribution in [3.63, 3.8) is 0 Å². The first-order chi connectivity index (χ1) is 8.79. The summed E-state index contributed by atoms with van der Waals surface area (Å²) >= 11 is 0. The fourth-order valence-electron chi connectivity index (χ4n) is 1.90. The number of hydrogen-bond donors (Lipinski definition) is 1. The highest BCUT2D eigenvalue weighted by Gasteiger charge is 2.31. The van der Waals surface area contributed by atoms with Crippen LogP contribution in [0, 0.1) is 5.82 Å². The minimum atomic E-state index is -4.51. The number of alkyl halides is 3. The number of halogens is 4. The van der Waals surface area contributed by atoms with E-state index in [0.29, 0.717) is 30.9 Å². The summed E-state index contributed by atoms with van der Waals surface area (Å²) in [7, 11) is 0. The number of aliphatic hydroxyl groups excluding tert-OH is 1. The molecule has 1 unspecified atom stereocenters. The molecule has 19 heavy (non-hydrogen) atoms. The fraction of sp³-hybridized carbons (Fsp3) is 0.571. The molecule has 108 valence electrons. The molecule has 1 rings (SSSR count). The van der Waals surface area contributed by atoms with Crippen LogP contribution >= 0.6 is 0 Å². The zero-order valence-electron chi connectivity index (χ0n) is 10.8. The Bertz CT molecular complexity index is 399. The maximum atomic E-state index is 13.1. The third-order valence-electron chi connectivity index (χ3n) is 2.87. The molecule has 0 bridgehead atoms. The van der Waals surface area contributed by atoms with Gasteiger partial charge in [-0.05, 0) is 49.9 Å². The normalized spacial score (nSPS) is 13.6. The summed E-state index contributed by atoms with van der Waals surface area (Å²) in [5.41, 5.74) is -0.573. The number of aliphatic hydroxyl groups is 1. The molecule has 0 saturated carbocycles. The Labute approximate surface area is 110 Å². The average Bonchev–Trinajstić information content (AvgIpc) is 2.26. The van der Waals surface area contributed by atoms with Gasteiger partial charge in [-0.25, -0.2) is 4.39 Å². The van der Waals surface area contributed by atoms with E-state index in [-0.39, 0.29) is 6.10 Å². The molecule has 1 nitrogen and oxygen atoms in total. The largest absolute Gasteiger partial charge is 0.416 e. The lowest BCUT2D eigenvalue weighted by atomic mass is 10.0. The smallest absolute Gasteiger partial charge is 0.393 e. The summed E-state index contributed by atoms with van der Waals surface area (Å²) in [6.07, 6.45) is -1.46. The standard InChI is InChI=1S/C14H18F4O/c1-10(19)5-3-2-4-6-11-7-12(14(16,17)18)9-13(15)8-11/h7-10,19H,2-6H2,1H3. The molecule has 0 fully saturated rings. The van der Waals surface area contributed by atoms with Crippen LogP contribution in [0.4, 0.5) is 17.6 Å². The van der Waals surface area contributed by atoms with Gasteiger partial charge in [0, 0.05) is 0 Å². The maximum Gasteiger partial charge on any atom is 0.416 e. The molecule has 0 aliphatic rings. The van der Waals surface area contributed by atoms with E-state index in [1.165, 1.54) is 0 Å². The summed E-state index contributed by atoms with van der Waals surface area (Å²) in [5.74, 6) is -0.853. The van der Waals surface area contributed by atoms with E-state index in [9.17, 15) is 17.6 Å². The van der Waals surface area contributed by atoms with Crippen LogP contribution in [0.25, 0.3) is 0 Å². The van der Waals surface area contributed by atoms with Crippen LogP contribution in [0.3, 0.4) is 0 Å². The zero-order valence-corrected chi connectivity index (χ0v) is 10.8. The van der Waals surface area contributed by atoms with Gasteiger partial charge in [-0.3, -0.25) is 0 Å². The molecule has 0 aliphatic carbocycles. The summed E-state index contributed by atoms with van der Waals surface area (Å²) in [6.45, 7) is 1.70. The summed E-state index contributed by atoms with van der Waals surface area (Å²) in [6, 6.07) is 2.65. The molecule has 1 aromatic rings. The second-order valence-electron chi connectivity index (χ2n) is 4.79. The van der Waals surface area contributed by atoms with E-state index < -0.39 is 17.6 Å². The van der Waals surface area contributed by atoms with E-state index in [4.69, 9.17) is 5.11 Å². The lowest BCUT2D eigenvalue weighted by Gasteiger charge is -2.09. The molecule has 0 saturated heterocycles. The van der Waals surface area contributed by atoms with Gasteiger partial charge < -0.3 is 5.11 Å². The quantitative estimate of drug-likeness (QED) is 0.606. The molecule has 0 amide bonds. The van der Waals surface area contributed by atoms with Crippen molar-refractivity contribution in [2.24, 2.45) is 0 Å². The Morgan fingerprint density at radius 2 is 1.79 bits per heavy atom. The molecule has 0 radical (unpaired) electrons. The van der Waals surface area contributed by atoms with Crippen LogP contribution in [0.5, 0.6) is 0 Å². The predicted molar refractivity (Wildman–Crippen MR) is 65.3 cm³/mol. The van der Waals surface area contributed by atoms with Crippen LogP contribution < -0.4 is 0 Å². The molecule has 0 aromatic heterocycles. The number of benzene rings is 1. The van der Waals surface area contributed by atoms with E-state index in [0.717, 1.165) is 25.0 Å². The van der Waals surface area contributed by atoms with Crippen molar-refractivity contribution in [3.05, 3.63) is 35.1 Å². The van der Waals surface area contributed by atoms with Crippen LogP contribution in [-0.2, 0) is 12.6 Å². The Morgan fingerprint density at radius 3 is 2.37 bits per heavy atom. The molecule has 0 aliphatic heterocycles. The van der Waals surface area contributed by atoms with Crippen molar-refractivity contribution in [2.45, 2.75) is 51.3 Å². The van der Waals surface area contributed by atoms with E-state index >= 15 is 0 Å². The van der Waals surface area contributed by atoms with Gasteiger partial charge in [0.1, 0.15) is 5.82 Å². The summed E-state index contributed by atoms with van der Waals surface area (Å²) < 4.78 is 50.6. The van der Waals surface area contributed by atoms with Crippen molar-refractivity contribution in [2.75, 3.05) is 0 Å². The first-order valence-electron chi connectivity index (χ1n) is 6.34. The second kappa shape index (κ2) is 6.89. The predicted octanol–water partition coefficient (Wildman–Crippen LogP) is 4.33. The Balaban J connectivity index is 2.52. The van der Waals surface area contributed by atoms with Gasteiger partial charge in [0.05, 0.1) is 11.7 Å². The summed E-state index contributed by atoms with van der Waals surface area (Å²) in [4.78, 5) is 0. The van der Waals surface area contributed by atoms with E-state index in [1.54, 1.807) is 6.92 Å². The van der Waals surface area contributed by atoms with Crippen LogP contribution in [-0.4, -0.2) is 11.2 Å². The first-order valence-corrected chi connectivity index (χ1v) is 6.34.